The first-order chi connectivity index (χ1) is 51.1. The van der Waals surface area contributed by atoms with Gasteiger partial charge in [-0.3, -0.25) is 9.59 Å². The zero-order valence-electron chi connectivity index (χ0n) is 71.5. The van der Waals surface area contributed by atoms with Crippen LogP contribution >= 0.6 is 0 Å². The molecule has 0 aromatic carbocycles. The summed E-state index contributed by atoms with van der Waals surface area (Å²) in [6.07, 6.45) is 74.0. The maximum atomic E-state index is 13.2. The molecule has 0 aliphatic heterocycles. The highest BCUT2D eigenvalue weighted by atomic mass is 16.5. The number of hydrogen-bond acceptors (Lipinski definition) is 4. The van der Waals surface area contributed by atoms with Gasteiger partial charge in [-0.05, 0) is 380 Å². The van der Waals surface area contributed by atoms with Gasteiger partial charge in [0.25, 0.3) is 0 Å². The summed E-state index contributed by atoms with van der Waals surface area (Å²) in [4.78, 5) is 26.1. The minimum absolute atomic E-state index is 0.0738. The SMILES string of the molecule is CCC1CC1CC1CC1CC1CC1CC1CC1CC1CC1CC1CC1CCC(=O)OC1CCC2(C)C(=CCC3C2CCC2(C)C(C(C)CCCC(C)C)CCC32)C1.CCCCCC1CC1CC1CC1CCCCCCCC(=O)OC1CCC2(C)C(=CCC3C2CCC2(C)C(C(C)CCCC(C)C)CCC32)C1. The standard InChI is InChI=1S/C55H88O2.C47H80O2/c1-7-35-21-37(35)23-39-25-41(39)27-43-29-45(43)31-46-30-44(46)28-42-26-40(42)24-38-22-36(38)11-16-53(56)57-48-17-19-54(5)47(32-48)12-13-49-51-15-14-50(34(4)10-8-9-33(2)3)55(51,6)20-18-52(49)54;1-7-8-12-18-35-29-37(35)31-38-30-36(38)19-13-10-9-11-14-20-45(48)49-40-25-27-46(5)39(32-40)21-22-41-43-24-23-42(34(4)17-15-16-33(2)3)47(43,6)28-26-44(41)46/h12,33-46,48-52H,7-11,13-32H2,1-6H3;21,33-38,40-44H,7-20,22-32H2,1-6H3. The van der Waals surface area contributed by atoms with Crippen LogP contribution in [-0.2, 0) is 19.1 Å². The summed E-state index contributed by atoms with van der Waals surface area (Å²) in [5.74, 6) is 27.9. The second-order valence-corrected chi connectivity index (χ2v) is 45.5. The third-order valence-corrected chi connectivity index (χ3v) is 37.7. The third-order valence-electron chi connectivity index (χ3n) is 37.7. The van der Waals surface area contributed by atoms with Gasteiger partial charge in [-0.2, -0.15) is 0 Å². The van der Waals surface area contributed by atoms with Crippen molar-refractivity contribution in [2.24, 2.45) is 187 Å². The van der Waals surface area contributed by atoms with Gasteiger partial charge >= 0.3 is 11.9 Å². The molecule has 0 bridgehead atoms. The molecule has 4 nitrogen and oxygen atoms in total. The lowest BCUT2D eigenvalue weighted by Crippen LogP contribution is -2.51. The molecule has 0 radical (unpaired) electrons. The minimum Gasteiger partial charge on any atom is -0.462 e. The smallest absolute Gasteiger partial charge is 0.306 e. The van der Waals surface area contributed by atoms with E-state index in [2.05, 4.69) is 95.2 Å². The van der Waals surface area contributed by atoms with Crippen LogP contribution in [0.15, 0.2) is 23.3 Å². The highest BCUT2D eigenvalue weighted by molar-refractivity contribution is 5.70. The topological polar surface area (TPSA) is 52.6 Å². The fraction of sp³-hybridized carbons (Fsp3) is 0.941. The summed E-state index contributed by atoms with van der Waals surface area (Å²) in [5.41, 5.74) is 5.10. The Balaban J connectivity index is 0.000000172. The van der Waals surface area contributed by atoms with Crippen molar-refractivity contribution in [1.82, 2.24) is 0 Å². The Morgan fingerprint density at radius 3 is 1.16 bits per heavy atom. The first-order valence-electron chi connectivity index (χ1n) is 48.9. The van der Waals surface area contributed by atoms with Crippen LogP contribution in [-0.4, -0.2) is 24.1 Å². The average molecular weight is 1460 g/mol. The van der Waals surface area contributed by atoms with E-state index in [1.807, 2.05) is 0 Å². The molecular formula is C102H168O4. The van der Waals surface area contributed by atoms with Crippen molar-refractivity contribution in [2.45, 2.75) is 416 Å². The van der Waals surface area contributed by atoms with Crippen LogP contribution in [0, 0.1) is 187 Å². The Kier molecular flexibility index (Phi) is 25.6. The van der Waals surface area contributed by atoms with Crippen LogP contribution in [0.1, 0.15) is 404 Å². The minimum atomic E-state index is 0.0738. The summed E-state index contributed by atoms with van der Waals surface area (Å²) in [5, 5.41) is 0. The molecule has 16 rings (SSSR count). The van der Waals surface area contributed by atoms with Crippen LogP contribution < -0.4 is 0 Å². The molecule has 0 heterocycles. The van der Waals surface area contributed by atoms with E-state index in [-0.39, 0.29) is 24.1 Å². The molecule has 0 N–H and O–H groups in total. The fourth-order valence-corrected chi connectivity index (χ4v) is 30.0. The lowest BCUT2D eigenvalue weighted by Gasteiger charge is -2.58. The largest absolute Gasteiger partial charge is 0.462 e. The third kappa shape index (κ3) is 18.8. The first-order valence-corrected chi connectivity index (χ1v) is 48.9. The number of ether oxygens (including phenoxy) is 2. The molecule has 0 spiro atoms. The molecule has 14 fully saturated rings. The van der Waals surface area contributed by atoms with E-state index < -0.39 is 0 Å². The van der Waals surface area contributed by atoms with E-state index in [1.165, 1.54) is 205 Å². The van der Waals surface area contributed by atoms with E-state index in [9.17, 15) is 9.59 Å². The van der Waals surface area contributed by atoms with Gasteiger partial charge in [-0.25, -0.2) is 0 Å². The molecule has 32 unspecified atom stereocenters. The first kappa shape index (κ1) is 79.6. The van der Waals surface area contributed by atoms with Gasteiger partial charge in [0.15, 0.2) is 0 Å². The quantitative estimate of drug-likeness (QED) is 0.0349. The lowest BCUT2D eigenvalue weighted by molar-refractivity contribution is -0.152. The molecule has 0 saturated heterocycles. The highest BCUT2D eigenvalue weighted by Crippen LogP contribution is 2.71. The molecule has 4 heteroatoms. The summed E-state index contributed by atoms with van der Waals surface area (Å²) < 4.78 is 12.5. The molecule has 0 amide bonds. The van der Waals surface area contributed by atoms with Crippen LogP contribution in [0.2, 0.25) is 0 Å². The molecule has 106 heavy (non-hydrogen) atoms. The fourth-order valence-electron chi connectivity index (χ4n) is 30.0. The normalized spacial score (nSPS) is 45.5. The van der Waals surface area contributed by atoms with Gasteiger partial charge in [0.05, 0.1) is 0 Å². The Hall–Kier alpha value is -1.58. The summed E-state index contributed by atoms with van der Waals surface area (Å²) >= 11 is 0. The van der Waals surface area contributed by atoms with Crippen molar-refractivity contribution in [1.29, 1.82) is 0 Å². The van der Waals surface area contributed by atoms with Gasteiger partial charge in [0, 0.05) is 25.7 Å². The van der Waals surface area contributed by atoms with Crippen molar-refractivity contribution in [3.05, 3.63) is 23.3 Å². The van der Waals surface area contributed by atoms with E-state index in [1.54, 1.807) is 75.4 Å². The van der Waals surface area contributed by atoms with Crippen molar-refractivity contribution >= 4 is 11.9 Å². The van der Waals surface area contributed by atoms with Crippen LogP contribution in [0.5, 0.6) is 0 Å². The van der Waals surface area contributed by atoms with E-state index in [0.717, 1.165) is 204 Å². The van der Waals surface area contributed by atoms with Crippen LogP contribution in [0.4, 0.5) is 0 Å². The second kappa shape index (κ2) is 34.1. The van der Waals surface area contributed by atoms with Crippen LogP contribution in [0.3, 0.4) is 0 Å². The van der Waals surface area contributed by atoms with Crippen molar-refractivity contribution in [3.63, 3.8) is 0 Å². The number of fused-ring (bicyclic) bond motifs is 10. The molecule has 600 valence electrons. The number of esters is 2. The summed E-state index contributed by atoms with van der Waals surface area (Å²) in [6, 6.07) is 0. The second-order valence-electron chi connectivity index (χ2n) is 45.5. The molecular weight excluding hydrogens is 1290 g/mol. The zero-order valence-corrected chi connectivity index (χ0v) is 71.5. The number of unbranched alkanes of at least 4 members (excludes halogenated alkanes) is 6. The molecule has 14 saturated carbocycles. The van der Waals surface area contributed by atoms with Gasteiger partial charge in [-0.1, -0.05) is 209 Å². The number of carbonyl (C=O) groups is 2. The number of allylic oxidation sites excluding steroid dienone is 2. The molecule has 16 aliphatic carbocycles. The Bertz CT molecular complexity index is 2950. The van der Waals surface area contributed by atoms with E-state index >= 15 is 0 Å². The summed E-state index contributed by atoms with van der Waals surface area (Å²) in [7, 11) is 0. The van der Waals surface area contributed by atoms with Crippen molar-refractivity contribution in [2.75, 3.05) is 0 Å². The average Bonchev–Trinajstić information content (AvgIpc) is 1.56. The number of hydrogen-bond donors (Lipinski definition) is 0. The summed E-state index contributed by atoms with van der Waals surface area (Å²) in [6.45, 7) is 30.1. The van der Waals surface area contributed by atoms with Gasteiger partial charge in [-0.15, -0.1) is 0 Å². The maximum Gasteiger partial charge on any atom is 0.306 e. The molecule has 0 aromatic heterocycles. The van der Waals surface area contributed by atoms with E-state index in [0.29, 0.717) is 34.5 Å². The maximum absolute atomic E-state index is 13.2. The Morgan fingerprint density at radius 2 is 0.745 bits per heavy atom. The monoisotopic (exact) mass is 1460 g/mol. The highest BCUT2D eigenvalue weighted by Gasteiger charge is 2.62. The van der Waals surface area contributed by atoms with Gasteiger partial charge in [0.2, 0.25) is 0 Å². The molecule has 16 aliphatic rings. The van der Waals surface area contributed by atoms with Crippen molar-refractivity contribution < 1.29 is 19.1 Å². The Labute approximate surface area is 654 Å². The van der Waals surface area contributed by atoms with E-state index in [4.69, 9.17) is 9.47 Å². The number of rotatable bonds is 40. The predicted octanol–water partition coefficient (Wildman–Crippen LogP) is 28.8. The lowest BCUT2D eigenvalue weighted by atomic mass is 9.47. The van der Waals surface area contributed by atoms with Crippen molar-refractivity contribution in [3.8, 4) is 0 Å². The number of carbonyl (C=O) groups excluding carboxylic acids is 2. The van der Waals surface area contributed by atoms with Crippen LogP contribution in [0.25, 0.3) is 0 Å². The predicted molar refractivity (Wildman–Crippen MR) is 442 cm³/mol. The molecule has 32 atom stereocenters. The Morgan fingerprint density at radius 1 is 0.377 bits per heavy atom. The zero-order chi connectivity index (χ0) is 73.8. The van der Waals surface area contributed by atoms with Gasteiger partial charge < -0.3 is 9.47 Å². The van der Waals surface area contributed by atoms with Gasteiger partial charge in [0.1, 0.15) is 12.2 Å². The molecule has 0 aromatic rings.